The summed E-state index contributed by atoms with van der Waals surface area (Å²) in [5.41, 5.74) is 0. The molecular weight excluding hydrogens is 142 g/mol. The molecule has 0 rings (SSSR count). The molecule has 1 unspecified atom stereocenters. The number of hydrogen-bond acceptors (Lipinski definition) is 3. The van der Waals surface area contributed by atoms with Gasteiger partial charge in [0.25, 0.3) is 6.47 Å². The highest BCUT2D eigenvalue weighted by Crippen LogP contribution is 1.94. The molecule has 0 aromatic carbocycles. The van der Waals surface area contributed by atoms with Gasteiger partial charge >= 0.3 is 0 Å². The van der Waals surface area contributed by atoms with Crippen LogP contribution in [0.2, 0.25) is 0 Å². The summed E-state index contributed by atoms with van der Waals surface area (Å²) in [6.45, 7) is 7.57. The zero-order chi connectivity index (χ0) is 8.69. The highest BCUT2D eigenvalue weighted by atomic mass is 16.5. The molecule has 0 aliphatic heterocycles. The predicted molar refractivity (Wildman–Crippen MR) is 44.1 cm³/mol. The number of carbonyl (C=O) groups excluding carboxylic acids is 1. The predicted octanol–water partition coefficient (Wildman–Crippen LogP) is 1.14. The van der Waals surface area contributed by atoms with Gasteiger partial charge in [-0.15, -0.1) is 0 Å². The van der Waals surface area contributed by atoms with Crippen molar-refractivity contribution in [1.82, 2.24) is 5.32 Å². The summed E-state index contributed by atoms with van der Waals surface area (Å²) in [4.78, 5) is 9.96. The van der Waals surface area contributed by atoms with E-state index in [9.17, 15) is 4.79 Å². The van der Waals surface area contributed by atoms with Gasteiger partial charge in [-0.1, -0.05) is 20.8 Å². The van der Waals surface area contributed by atoms with Crippen molar-refractivity contribution in [2.45, 2.75) is 33.4 Å². The Balaban J connectivity index is 3.43. The van der Waals surface area contributed by atoms with Gasteiger partial charge < -0.3 is 4.74 Å². The maximum atomic E-state index is 9.96. The fourth-order valence-electron chi connectivity index (χ4n) is 0.723. The van der Waals surface area contributed by atoms with Crippen LogP contribution in [0.1, 0.15) is 27.2 Å². The third kappa shape index (κ3) is 5.85. The first-order valence-electron chi connectivity index (χ1n) is 4.03. The van der Waals surface area contributed by atoms with E-state index in [0.717, 1.165) is 13.0 Å². The molecule has 0 aromatic heterocycles. The largest absolute Gasteiger partial charge is 0.449 e. The molecule has 0 fully saturated rings. The van der Waals surface area contributed by atoms with Crippen LogP contribution in [0.25, 0.3) is 0 Å². The second-order valence-corrected chi connectivity index (χ2v) is 2.93. The molecule has 3 nitrogen and oxygen atoms in total. The average Bonchev–Trinajstić information content (AvgIpc) is 1.97. The summed E-state index contributed by atoms with van der Waals surface area (Å²) in [5, 5.41) is 3.12. The molecule has 66 valence electrons. The zero-order valence-electron chi connectivity index (χ0n) is 7.46. The van der Waals surface area contributed by atoms with E-state index < -0.39 is 0 Å². The van der Waals surface area contributed by atoms with Crippen molar-refractivity contribution in [3.05, 3.63) is 0 Å². The van der Waals surface area contributed by atoms with E-state index in [-0.39, 0.29) is 6.23 Å². The van der Waals surface area contributed by atoms with E-state index >= 15 is 0 Å². The van der Waals surface area contributed by atoms with Gasteiger partial charge in [-0.05, 0) is 12.3 Å². The monoisotopic (exact) mass is 159 g/mol. The summed E-state index contributed by atoms with van der Waals surface area (Å²) in [6, 6.07) is 0. The van der Waals surface area contributed by atoms with Crippen LogP contribution in [0.4, 0.5) is 0 Å². The van der Waals surface area contributed by atoms with Gasteiger partial charge in [0.2, 0.25) is 0 Å². The highest BCUT2D eigenvalue weighted by Gasteiger charge is 2.04. The van der Waals surface area contributed by atoms with Crippen LogP contribution in [-0.2, 0) is 9.53 Å². The summed E-state index contributed by atoms with van der Waals surface area (Å²) >= 11 is 0. The topological polar surface area (TPSA) is 38.3 Å². The van der Waals surface area contributed by atoms with Crippen LogP contribution in [-0.4, -0.2) is 19.2 Å². The molecular formula is C8H17NO2. The number of carbonyl (C=O) groups is 1. The lowest BCUT2D eigenvalue weighted by molar-refractivity contribution is -0.135. The SMILES string of the molecule is CCC(NCC(C)C)OC=O. The minimum atomic E-state index is -0.116. The Morgan fingerprint density at radius 2 is 2.18 bits per heavy atom. The van der Waals surface area contributed by atoms with E-state index in [1.54, 1.807) is 0 Å². The molecule has 0 aromatic rings. The summed E-state index contributed by atoms with van der Waals surface area (Å²) < 4.78 is 4.75. The van der Waals surface area contributed by atoms with Crippen molar-refractivity contribution >= 4 is 6.47 Å². The number of ether oxygens (including phenoxy) is 1. The van der Waals surface area contributed by atoms with Crippen molar-refractivity contribution in [2.24, 2.45) is 5.92 Å². The second kappa shape index (κ2) is 6.16. The fraction of sp³-hybridized carbons (Fsp3) is 0.875. The third-order valence-corrected chi connectivity index (χ3v) is 1.34. The second-order valence-electron chi connectivity index (χ2n) is 2.93. The lowest BCUT2D eigenvalue weighted by Crippen LogP contribution is -2.33. The molecule has 0 spiro atoms. The van der Waals surface area contributed by atoms with Crippen molar-refractivity contribution < 1.29 is 9.53 Å². The zero-order valence-corrected chi connectivity index (χ0v) is 7.46. The van der Waals surface area contributed by atoms with Gasteiger partial charge in [0.1, 0.15) is 0 Å². The maximum Gasteiger partial charge on any atom is 0.294 e. The van der Waals surface area contributed by atoms with Crippen LogP contribution < -0.4 is 5.32 Å². The first-order valence-corrected chi connectivity index (χ1v) is 4.03. The van der Waals surface area contributed by atoms with Crippen LogP contribution in [0.3, 0.4) is 0 Å². The van der Waals surface area contributed by atoms with Gasteiger partial charge in [-0.3, -0.25) is 10.1 Å². The Labute approximate surface area is 68.1 Å². The number of rotatable bonds is 6. The lowest BCUT2D eigenvalue weighted by atomic mass is 10.2. The van der Waals surface area contributed by atoms with Crippen LogP contribution in [0, 0.1) is 5.92 Å². The van der Waals surface area contributed by atoms with Crippen molar-refractivity contribution in [2.75, 3.05) is 6.54 Å². The molecule has 0 aliphatic carbocycles. The van der Waals surface area contributed by atoms with E-state index in [4.69, 9.17) is 4.74 Å². The summed E-state index contributed by atoms with van der Waals surface area (Å²) in [6.07, 6.45) is 0.695. The average molecular weight is 159 g/mol. The smallest absolute Gasteiger partial charge is 0.294 e. The summed E-state index contributed by atoms with van der Waals surface area (Å²) in [5.74, 6) is 0.583. The lowest BCUT2D eigenvalue weighted by Gasteiger charge is -2.15. The number of hydrogen-bond donors (Lipinski definition) is 1. The van der Waals surface area contributed by atoms with Gasteiger partial charge in [0.15, 0.2) is 6.23 Å². The molecule has 0 radical (unpaired) electrons. The third-order valence-electron chi connectivity index (χ3n) is 1.34. The molecule has 3 heteroatoms. The van der Waals surface area contributed by atoms with Gasteiger partial charge in [0.05, 0.1) is 0 Å². The van der Waals surface area contributed by atoms with Crippen LogP contribution in [0.5, 0.6) is 0 Å². The van der Waals surface area contributed by atoms with Crippen LogP contribution in [0.15, 0.2) is 0 Å². The molecule has 0 bridgehead atoms. The molecule has 11 heavy (non-hydrogen) atoms. The molecule has 1 N–H and O–H groups in total. The quantitative estimate of drug-likeness (QED) is 0.466. The first-order chi connectivity index (χ1) is 5.20. The Kier molecular flexibility index (Phi) is 5.84. The maximum absolute atomic E-state index is 9.96. The normalized spacial score (nSPS) is 13.1. The van der Waals surface area contributed by atoms with Crippen molar-refractivity contribution in [3.8, 4) is 0 Å². The van der Waals surface area contributed by atoms with E-state index in [0.29, 0.717) is 12.4 Å². The Morgan fingerprint density at radius 3 is 2.55 bits per heavy atom. The van der Waals surface area contributed by atoms with Gasteiger partial charge in [-0.25, -0.2) is 0 Å². The molecule has 0 saturated heterocycles. The van der Waals surface area contributed by atoms with Crippen LogP contribution >= 0.6 is 0 Å². The number of nitrogens with one attached hydrogen (secondary N) is 1. The Bertz CT molecular complexity index is 104. The van der Waals surface area contributed by atoms with Crippen molar-refractivity contribution in [1.29, 1.82) is 0 Å². The molecule has 0 saturated carbocycles. The minimum absolute atomic E-state index is 0.116. The van der Waals surface area contributed by atoms with E-state index in [1.165, 1.54) is 0 Å². The molecule has 1 atom stereocenters. The highest BCUT2D eigenvalue weighted by molar-refractivity contribution is 5.37. The molecule has 0 amide bonds. The Morgan fingerprint density at radius 1 is 1.55 bits per heavy atom. The fourth-order valence-corrected chi connectivity index (χ4v) is 0.723. The summed E-state index contributed by atoms with van der Waals surface area (Å²) in [7, 11) is 0. The van der Waals surface area contributed by atoms with E-state index in [2.05, 4.69) is 19.2 Å². The van der Waals surface area contributed by atoms with Gasteiger partial charge in [0, 0.05) is 6.54 Å². The first kappa shape index (κ1) is 10.4. The van der Waals surface area contributed by atoms with Gasteiger partial charge in [-0.2, -0.15) is 0 Å². The van der Waals surface area contributed by atoms with E-state index in [1.807, 2.05) is 6.92 Å². The minimum Gasteiger partial charge on any atom is -0.449 e. The molecule has 0 aliphatic rings. The van der Waals surface area contributed by atoms with Crippen molar-refractivity contribution in [3.63, 3.8) is 0 Å². The Hall–Kier alpha value is -0.570. The molecule has 0 heterocycles. The standard InChI is InChI=1S/C8H17NO2/c1-4-8(11-6-10)9-5-7(2)3/h6-9H,4-5H2,1-3H3.